The summed E-state index contributed by atoms with van der Waals surface area (Å²) in [4.78, 5) is 27.1. The van der Waals surface area contributed by atoms with Crippen LogP contribution in [0.15, 0.2) is 0 Å². The van der Waals surface area contributed by atoms with Crippen LogP contribution in [0.2, 0.25) is 0 Å². The molecule has 0 aromatic carbocycles. The van der Waals surface area contributed by atoms with Crippen molar-refractivity contribution in [3.05, 3.63) is 0 Å². The van der Waals surface area contributed by atoms with E-state index in [4.69, 9.17) is 10.00 Å². The van der Waals surface area contributed by atoms with Gasteiger partial charge in [0.2, 0.25) is 0 Å². The number of rotatable bonds is 4. The maximum absolute atomic E-state index is 12.1. The van der Waals surface area contributed by atoms with Gasteiger partial charge in [0.25, 0.3) is 0 Å². The Morgan fingerprint density at radius 2 is 1.67 bits per heavy atom. The zero-order valence-electron chi connectivity index (χ0n) is 13.8. The van der Waals surface area contributed by atoms with Gasteiger partial charge in [-0.3, -0.25) is 4.90 Å². The molecule has 0 rings (SSSR count). The maximum Gasteiger partial charge on any atom is 0.411 e. The van der Waals surface area contributed by atoms with E-state index in [0.29, 0.717) is 0 Å². The van der Waals surface area contributed by atoms with Gasteiger partial charge < -0.3 is 9.47 Å². The molecular formula is C14H25IN2O4. The molecule has 21 heavy (non-hydrogen) atoms. The van der Waals surface area contributed by atoms with Crippen molar-refractivity contribution >= 4 is 34.7 Å². The fourth-order valence-corrected chi connectivity index (χ4v) is 1.44. The fraction of sp³-hybridized carbons (Fsp3) is 0.786. The van der Waals surface area contributed by atoms with Crippen LogP contribution in [0.3, 0.4) is 0 Å². The van der Waals surface area contributed by atoms with Crippen molar-refractivity contribution in [2.45, 2.75) is 52.2 Å². The predicted octanol–water partition coefficient (Wildman–Crippen LogP) is 3.14. The molecule has 0 N–H and O–H groups in total. The molecule has 0 saturated carbocycles. The Labute approximate surface area is 140 Å². The molecule has 0 saturated heterocycles. The summed E-state index contributed by atoms with van der Waals surface area (Å²) in [5.74, 6) is -0.559. The standard InChI is InChI=1S/C13H22N2O4.CH3I/c1-12(2,3)19-11(17)15(9-7-8-14)13(4,5)10(16)18-6;1-2/h7,9H2,1-6H3;1H3. The summed E-state index contributed by atoms with van der Waals surface area (Å²) < 4.78 is 9.93. The Hall–Kier alpha value is -1.04. The fourth-order valence-electron chi connectivity index (χ4n) is 1.44. The monoisotopic (exact) mass is 412 g/mol. The smallest absolute Gasteiger partial charge is 0.411 e. The van der Waals surface area contributed by atoms with Crippen molar-refractivity contribution in [3.63, 3.8) is 0 Å². The first-order chi connectivity index (χ1) is 9.56. The third kappa shape index (κ3) is 8.09. The zero-order valence-corrected chi connectivity index (χ0v) is 16.0. The number of ether oxygens (including phenoxy) is 2. The summed E-state index contributed by atoms with van der Waals surface area (Å²) in [7, 11) is 1.25. The van der Waals surface area contributed by atoms with Gasteiger partial charge in [-0.15, -0.1) is 0 Å². The average Bonchev–Trinajstić information content (AvgIpc) is 2.38. The normalized spacial score (nSPS) is 10.6. The second-order valence-corrected chi connectivity index (χ2v) is 5.59. The average molecular weight is 412 g/mol. The molecule has 0 radical (unpaired) electrons. The topological polar surface area (TPSA) is 79.6 Å². The molecule has 0 heterocycles. The van der Waals surface area contributed by atoms with Crippen molar-refractivity contribution in [1.29, 1.82) is 5.26 Å². The molecule has 0 bridgehead atoms. The highest BCUT2D eigenvalue weighted by molar-refractivity contribution is 14.1. The van der Waals surface area contributed by atoms with Crippen molar-refractivity contribution in [2.75, 3.05) is 18.6 Å². The molecule has 0 unspecified atom stereocenters. The molecule has 0 spiro atoms. The van der Waals surface area contributed by atoms with E-state index in [0.717, 1.165) is 0 Å². The number of esters is 1. The van der Waals surface area contributed by atoms with E-state index in [1.807, 2.05) is 11.0 Å². The first-order valence-corrected chi connectivity index (χ1v) is 8.55. The number of hydrogen-bond donors (Lipinski definition) is 0. The minimum atomic E-state index is -1.19. The maximum atomic E-state index is 12.1. The Morgan fingerprint density at radius 1 is 1.19 bits per heavy atom. The number of nitriles is 1. The van der Waals surface area contributed by atoms with Crippen LogP contribution in [0, 0.1) is 11.3 Å². The minimum Gasteiger partial charge on any atom is -0.467 e. The van der Waals surface area contributed by atoms with Gasteiger partial charge in [-0.1, -0.05) is 22.6 Å². The number of halogens is 1. The van der Waals surface area contributed by atoms with Gasteiger partial charge in [-0.25, -0.2) is 9.59 Å². The molecule has 0 aliphatic heterocycles. The number of nitrogens with zero attached hydrogens (tertiary/aromatic N) is 2. The van der Waals surface area contributed by atoms with Crippen LogP contribution in [0.1, 0.15) is 41.0 Å². The number of alkyl halides is 1. The van der Waals surface area contributed by atoms with Gasteiger partial charge in [-0.05, 0) is 39.5 Å². The molecule has 122 valence electrons. The summed E-state index contributed by atoms with van der Waals surface area (Å²) in [5.41, 5.74) is -1.86. The predicted molar refractivity (Wildman–Crippen MR) is 89.2 cm³/mol. The SMILES string of the molecule is CI.COC(=O)C(C)(C)N(CCC#N)C(=O)OC(C)(C)C. The number of carbonyl (C=O) groups is 2. The van der Waals surface area contributed by atoms with E-state index in [1.54, 1.807) is 34.6 Å². The number of carbonyl (C=O) groups excluding carboxylic acids is 2. The molecule has 0 fully saturated rings. The summed E-state index contributed by atoms with van der Waals surface area (Å²) in [6.07, 6.45) is -0.530. The third-order valence-corrected chi connectivity index (χ3v) is 2.42. The summed E-state index contributed by atoms with van der Waals surface area (Å²) in [6.45, 7) is 8.42. The van der Waals surface area contributed by atoms with Crippen LogP contribution >= 0.6 is 22.6 Å². The van der Waals surface area contributed by atoms with E-state index in [1.165, 1.54) is 12.0 Å². The van der Waals surface area contributed by atoms with Gasteiger partial charge in [0.15, 0.2) is 0 Å². The quantitative estimate of drug-likeness (QED) is 0.403. The van der Waals surface area contributed by atoms with Crippen LogP contribution < -0.4 is 0 Å². The molecule has 7 heteroatoms. The summed E-state index contributed by atoms with van der Waals surface area (Å²) in [5, 5.41) is 8.65. The van der Waals surface area contributed by atoms with E-state index < -0.39 is 23.2 Å². The highest BCUT2D eigenvalue weighted by Gasteiger charge is 2.40. The molecule has 0 aromatic heterocycles. The van der Waals surface area contributed by atoms with Crippen molar-refractivity contribution < 1.29 is 19.1 Å². The van der Waals surface area contributed by atoms with Crippen LogP contribution in [0.4, 0.5) is 4.79 Å². The second kappa shape index (κ2) is 9.82. The third-order valence-electron chi connectivity index (χ3n) is 2.42. The van der Waals surface area contributed by atoms with Crippen molar-refractivity contribution in [1.82, 2.24) is 4.90 Å². The van der Waals surface area contributed by atoms with Gasteiger partial charge in [0.1, 0.15) is 11.1 Å². The van der Waals surface area contributed by atoms with Crippen molar-refractivity contribution in [2.24, 2.45) is 0 Å². The lowest BCUT2D eigenvalue weighted by Gasteiger charge is -2.36. The molecule has 0 atom stereocenters. The number of hydrogen-bond acceptors (Lipinski definition) is 5. The van der Waals surface area contributed by atoms with E-state index in [9.17, 15) is 9.59 Å². The molecule has 0 aromatic rings. The van der Waals surface area contributed by atoms with Gasteiger partial charge >= 0.3 is 12.1 Å². The largest absolute Gasteiger partial charge is 0.467 e. The molecule has 0 aliphatic carbocycles. The van der Waals surface area contributed by atoms with Gasteiger partial charge in [-0.2, -0.15) is 5.26 Å². The Kier molecular flexibility index (Phi) is 10.4. The summed E-state index contributed by atoms with van der Waals surface area (Å²) >= 11 is 2.15. The lowest BCUT2D eigenvalue weighted by atomic mass is 10.0. The highest BCUT2D eigenvalue weighted by Crippen LogP contribution is 2.20. The van der Waals surface area contributed by atoms with Crippen LogP contribution in [0.25, 0.3) is 0 Å². The second-order valence-electron chi connectivity index (χ2n) is 5.59. The Balaban J connectivity index is 0. The van der Waals surface area contributed by atoms with E-state index in [-0.39, 0.29) is 13.0 Å². The number of methoxy groups -OCH3 is 1. The molecule has 1 amide bonds. The first kappa shape index (κ1) is 22.2. The zero-order chi connectivity index (χ0) is 17.3. The summed E-state index contributed by atoms with van der Waals surface area (Å²) in [6, 6.07) is 1.94. The highest BCUT2D eigenvalue weighted by atomic mass is 127. The molecule has 0 aliphatic rings. The van der Waals surface area contributed by atoms with Gasteiger partial charge in [0, 0.05) is 6.54 Å². The van der Waals surface area contributed by atoms with E-state index in [2.05, 4.69) is 27.3 Å². The first-order valence-electron chi connectivity index (χ1n) is 6.40. The lowest BCUT2D eigenvalue weighted by Crippen LogP contribution is -2.55. The van der Waals surface area contributed by atoms with Crippen LogP contribution in [-0.4, -0.2) is 46.7 Å². The Morgan fingerprint density at radius 3 is 2.00 bits per heavy atom. The van der Waals surface area contributed by atoms with E-state index >= 15 is 0 Å². The number of amides is 1. The lowest BCUT2D eigenvalue weighted by molar-refractivity contribution is -0.152. The van der Waals surface area contributed by atoms with Crippen LogP contribution in [-0.2, 0) is 14.3 Å². The van der Waals surface area contributed by atoms with Crippen LogP contribution in [0.5, 0.6) is 0 Å². The minimum absolute atomic E-state index is 0.105. The molecule has 6 nitrogen and oxygen atoms in total. The Bertz CT molecular complexity index is 383. The van der Waals surface area contributed by atoms with Crippen molar-refractivity contribution in [3.8, 4) is 6.07 Å². The van der Waals surface area contributed by atoms with Gasteiger partial charge in [0.05, 0.1) is 19.6 Å². The molecular weight excluding hydrogens is 387 g/mol.